The number of morpholine rings is 1. The van der Waals surface area contributed by atoms with E-state index in [1.54, 1.807) is 18.5 Å². The van der Waals surface area contributed by atoms with Gasteiger partial charge in [0.1, 0.15) is 5.82 Å². The third-order valence-corrected chi connectivity index (χ3v) is 7.03. The van der Waals surface area contributed by atoms with Crippen LogP contribution in [0.3, 0.4) is 0 Å². The average molecular weight is 411 g/mol. The molecule has 2 aliphatic rings. The number of benzene rings is 1. The van der Waals surface area contributed by atoms with Crippen LogP contribution in [0.1, 0.15) is 12.8 Å². The first-order valence-electron chi connectivity index (χ1n) is 9.65. The van der Waals surface area contributed by atoms with Gasteiger partial charge in [0.25, 0.3) is 0 Å². The van der Waals surface area contributed by atoms with E-state index in [9.17, 15) is 8.42 Å². The van der Waals surface area contributed by atoms with Crippen LogP contribution in [-0.2, 0) is 14.8 Å². The summed E-state index contributed by atoms with van der Waals surface area (Å²) in [6.45, 7) is 2.98. The maximum atomic E-state index is 12.2. The highest BCUT2D eigenvalue weighted by Crippen LogP contribution is 2.31. The van der Waals surface area contributed by atoms with Gasteiger partial charge in [0.05, 0.1) is 47.6 Å². The summed E-state index contributed by atoms with van der Waals surface area (Å²) in [7, 11) is -3.32. The molecule has 1 aromatic carbocycles. The van der Waals surface area contributed by atoms with Crippen molar-refractivity contribution >= 4 is 32.6 Å². The van der Waals surface area contributed by atoms with Crippen molar-refractivity contribution in [1.29, 1.82) is 0 Å². The second-order valence-corrected chi connectivity index (χ2v) is 9.30. The van der Waals surface area contributed by atoms with E-state index in [-0.39, 0.29) is 5.25 Å². The lowest BCUT2D eigenvalue weighted by molar-refractivity contribution is 0.122. The molecule has 1 saturated heterocycles. The monoisotopic (exact) mass is 411 g/mol. The Hall–Kier alpha value is -2.78. The van der Waals surface area contributed by atoms with E-state index in [0.717, 1.165) is 53.9 Å². The third kappa shape index (κ3) is 3.88. The molecule has 9 heteroatoms. The molecule has 3 heterocycles. The molecule has 0 unspecified atom stereocenters. The predicted octanol–water partition coefficient (Wildman–Crippen LogP) is 2.43. The number of nitrogens with one attached hydrogen (secondary N) is 1. The maximum absolute atomic E-state index is 12.2. The zero-order chi connectivity index (χ0) is 19.8. The van der Waals surface area contributed by atoms with Crippen LogP contribution in [0.4, 0.5) is 11.5 Å². The number of rotatable bonds is 5. The molecule has 3 aromatic rings. The highest BCUT2D eigenvalue weighted by molar-refractivity contribution is 7.93. The second-order valence-electron chi connectivity index (χ2n) is 7.34. The average Bonchev–Trinajstić information content (AvgIpc) is 3.60. The fourth-order valence-corrected chi connectivity index (χ4v) is 4.77. The summed E-state index contributed by atoms with van der Waals surface area (Å²) in [4.78, 5) is 15.7. The van der Waals surface area contributed by atoms with Crippen LogP contribution in [0.5, 0.6) is 0 Å². The first kappa shape index (κ1) is 18.3. The lowest BCUT2D eigenvalue weighted by Crippen LogP contribution is -2.36. The van der Waals surface area contributed by atoms with Crippen LogP contribution >= 0.6 is 0 Å². The Kier molecular flexibility index (Phi) is 4.56. The molecule has 0 spiro atoms. The van der Waals surface area contributed by atoms with Crippen LogP contribution in [0.2, 0.25) is 0 Å². The Balaban J connectivity index is 1.45. The molecule has 1 aliphatic heterocycles. The van der Waals surface area contributed by atoms with Gasteiger partial charge in [0.15, 0.2) is 0 Å². The fraction of sp³-hybridized carbons (Fsp3) is 0.350. The minimum absolute atomic E-state index is 0.277. The highest BCUT2D eigenvalue weighted by Gasteiger charge is 2.35. The molecule has 1 saturated carbocycles. The highest BCUT2D eigenvalue weighted by atomic mass is 32.2. The van der Waals surface area contributed by atoms with E-state index in [4.69, 9.17) is 9.72 Å². The van der Waals surface area contributed by atoms with Gasteiger partial charge >= 0.3 is 0 Å². The number of aromatic nitrogens is 3. The van der Waals surface area contributed by atoms with Crippen LogP contribution in [0, 0.1) is 0 Å². The molecule has 8 nitrogen and oxygen atoms in total. The lowest BCUT2D eigenvalue weighted by Gasteiger charge is -2.27. The predicted molar refractivity (Wildman–Crippen MR) is 111 cm³/mol. The van der Waals surface area contributed by atoms with E-state index in [2.05, 4.69) is 19.6 Å². The van der Waals surface area contributed by atoms with Gasteiger partial charge in [0, 0.05) is 24.8 Å². The van der Waals surface area contributed by atoms with E-state index < -0.39 is 10.0 Å². The van der Waals surface area contributed by atoms with E-state index in [1.165, 1.54) is 6.20 Å². The van der Waals surface area contributed by atoms with E-state index in [1.807, 2.05) is 18.2 Å². The number of sulfonamides is 1. The van der Waals surface area contributed by atoms with Gasteiger partial charge in [-0.05, 0) is 36.6 Å². The van der Waals surface area contributed by atoms with Crippen LogP contribution in [0.15, 0.2) is 42.9 Å². The largest absolute Gasteiger partial charge is 0.378 e. The molecule has 5 rings (SSSR count). The number of hydrogen-bond donors (Lipinski definition) is 1. The minimum Gasteiger partial charge on any atom is -0.378 e. The van der Waals surface area contributed by atoms with Gasteiger partial charge in [-0.2, -0.15) is 0 Å². The zero-order valence-corrected chi connectivity index (χ0v) is 16.6. The van der Waals surface area contributed by atoms with E-state index >= 15 is 0 Å². The van der Waals surface area contributed by atoms with Crippen molar-refractivity contribution in [3.8, 4) is 11.1 Å². The lowest BCUT2D eigenvalue weighted by atomic mass is 10.1. The number of hydrogen-bond acceptors (Lipinski definition) is 7. The van der Waals surface area contributed by atoms with Gasteiger partial charge in [-0.25, -0.2) is 13.4 Å². The first-order chi connectivity index (χ1) is 14.1. The van der Waals surface area contributed by atoms with Crippen molar-refractivity contribution in [3.63, 3.8) is 0 Å². The number of pyridine rings is 1. The molecular weight excluding hydrogens is 390 g/mol. The number of nitrogens with zero attached hydrogens (tertiary/aromatic N) is 4. The van der Waals surface area contributed by atoms with Gasteiger partial charge in [0.2, 0.25) is 10.0 Å². The summed E-state index contributed by atoms with van der Waals surface area (Å²) in [6.07, 6.45) is 6.48. The molecular formula is C20H21N5O3S. The molecule has 2 fully saturated rings. The van der Waals surface area contributed by atoms with Crippen molar-refractivity contribution in [2.45, 2.75) is 18.1 Å². The van der Waals surface area contributed by atoms with Gasteiger partial charge in [-0.15, -0.1) is 0 Å². The van der Waals surface area contributed by atoms with E-state index in [0.29, 0.717) is 18.9 Å². The van der Waals surface area contributed by atoms with Crippen LogP contribution < -0.4 is 9.62 Å². The van der Waals surface area contributed by atoms with Crippen molar-refractivity contribution < 1.29 is 13.2 Å². The van der Waals surface area contributed by atoms with Crippen molar-refractivity contribution in [3.05, 3.63) is 42.9 Å². The number of ether oxygens (including phenoxy) is 1. The number of anilines is 2. The Morgan fingerprint density at radius 2 is 1.83 bits per heavy atom. The Morgan fingerprint density at radius 3 is 2.62 bits per heavy atom. The Bertz CT molecular complexity index is 1160. The molecule has 1 N–H and O–H groups in total. The standard InChI is InChI=1S/C20H21N5O3S/c26-29(27,17-2-3-17)24-16-9-15(11-21-12-16)14-1-4-18-19(10-14)23-20(13-22-18)25-5-7-28-8-6-25/h1,4,9-13,17,24H,2-3,5-8H2. The SMILES string of the molecule is O=S(=O)(Nc1cncc(-c2ccc3ncc(N4CCOCC4)nc3c2)c1)C1CC1. The Labute approximate surface area is 169 Å². The molecule has 2 aromatic heterocycles. The van der Waals surface area contributed by atoms with Crippen LogP contribution in [0.25, 0.3) is 22.2 Å². The summed E-state index contributed by atoms with van der Waals surface area (Å²) in [6, 6.07) is 7.62. The second kappa shape index (κ2) is 7.23. The zero-order valence-electron chi connectivity index (χ0n) is 15.8. The molecule has 0 atom stereocenters. The topological polar surface area (TPSA) is 97.3 Å². The number of fused-ring (bicyclic) bond motifs is 1. The molecule has 1 aliphatic carbocycles. The molecule has 0 radical (unpaired) electrons. The summed E-state index contributed by atoms with van der Waals surface area (Å²) in [5.74, 6) is 0.835. The summed E-state index contributed by atoms with van der Waals surface area (Å²) >= 11 is 0. The normalized spacial score (nSPS) is 17.4. The molecule has 0 amide bonds. The van der Waals surface area contributed by atoms with Gasteiger partial charge < -0.3 is 9.64 Å². The summed E-state index contributed by atoms with van der Waals surface area (Å²) in [5, 5.41) is -0.277. The maximum Gasteiger partial charge on any atom is 0.235 e. The van der Waals surface area contributed by atoms with Crippen LogP contribution in [-0.4, -0.2) is 54.9 Å². The fourth-order valence-electron chi connectivity index (χ4n) is 3.41. The Morgan fingerprint density at radius 1 is 1.00 bits per heavy atom. The quantitative estimate of drug-likeness (QED) is 0.689. The first-order valence-corrected chi connectivity index (χ1v) is 11.2. The smallest absolute Gasteiger partial charge is 0.235 e. The third-order valence-electron chi connectivity index (χ3n) is 5.16. The van der Waals surface area contributed by atoms with Gasteiger partial charge in [-0.1, -0.05) is 6.07 Å². The molecule has 29 heavy (non-hydrogen) atoms. The van der Waals surface area contributed by atoms with Crippen molar-refractivity contribution in [1.82, 2.24) is 15.0 Å². The van der Waals surface area contributed by atoms with Crippen molar-refractivity contribution in [2.75, 3.05) is 35.9 Å². The summed E-state index contributed by atoms with van der Waals surface area (Å²) in [5.41, 5.74) is 3.80. The van der Waals surface area contributed by atoms with Crippen molar-refractivity contribution in [2.24, 2.45) is 0 Å². The van der Waals surface area contributed by atoms with Gasteiger partial charge in [-0.3, -0.25) is 14.7 Å². The minimum atomic E-state index is -3.32. The summed E-state index contributed by atoms with van der Waals surface area (Å²) < 4.78 is 32.5. The molecule has 0 bridgehead atoms. The molecule has 150 valence electrons.